The highest BCUT2D eigenvalue weighted by Gasteiger charge is 2.43. The van der Waals surface area contributed by atoms with Gasteiger partial charge >= 0.3 is 0 Å². The minimum absolute atomic E-state index is 0.00434. The maximum Gasteiger partial charge on any atom is 0.137 e. The van der Waals surface area contributed by atoms with Crippen LogP contribution in [0.25, 0.3) is 0 Å². The number of benzene rings is 1. The van der Waals surface area contributed by atoms with Crippen molar-refractivity contribution in [2.24, 2.45) is 5.73 Å². The molecule has 1 atom stereocenters. The number of piperidine rings is 2. The zero-order valence-electron chi connectivity index (χ0n) is 13.3. The summed E-state index contributed by atoms with van der Waals surface area (Å²) in [6.45, 7) is 3.64. The summed E-state index contributed by atoms with van der Waals surface area (Å²) >= 11 is 0. The lowest BCUT2D eigenvalue weighted by molar-refractivity contribution is -0.118. The van der Waals surface area contributed by atoms with Gasteiger partial charge in [-0.3, -0.25) is 4.90 Å². The first-order valence-electron chi connectivity index (χ1n) is 8.52. The molecule has 0 aliphatic carbocycles. The van der Waals surface area contributed by atoms with Crippen molar-refractivity contribution in [3.05, 3.63) is 35.4 Å². The van der Waals surface area contributed by atoms with Gasteiger partial charge in [-0.15, -0.1) is 0 Å². The summed E-state index contributed by atoms with van der Waals surface area (Å²) in [7, 11) is 0. The Kier molecular flexibility index (Phi) is 4.91. The number of nitrogens with one attached hydrogen (secondary N) is 1. The van der Waals surface area contributed by atoms with Crippen LogP contribution in [0.2, 0.25) is 0 Å². The van der Waals surface area contributed by atoms with Crippen LogP contribution in [0, 0.1) is 0 Å². The number of carbonyl (C=O) groups is 1. The first-order chi connectivity index (χ1) is 10.8. The Bertz CT molecular complexity index is 494. The summed E-state index contributed by atoms with van der Waals surface area (Å²) in [6, 6.07) is 8.80. The zero-order valence-corrected chi connectivity index (χ0v) is 13.3. The Balaban J connectivity index is 1.97. The number of hydrogen-bond donors (Lipinski definition) is 2. The molecule has 22 heavy (non-hydrogen) atoms. The lowest BCUT2D eigenvalue weighted by Gasteiger charge is -2.51. The fourth-order valence-electron chi connectivity index (χ4n) is 4.16. The van der Waals surface area contributed by atoms with Crippen molar-refractivity contribution >= 4 is 6.29 Å². The van der Waals surface area contributed by atoms with Gasteiger partial charge in [0.25, 0.3) is 0 Å². The summed E-state index contributed by atoms with van der Waals surface area (Å²) < 4.78 is 0. The van der Waals surface area contributed by atoms with Gasteiger partial charge < -0.3 is 15.8 Å². The molecule has 3 rings (SSSR count). The summed E-state index contributed by atoms with van der Waals surface area (Å²) in [5.74, 6) is 0. The Morgan fingerprint density at radius 2 is 1.95 bits per heavy atom. The van der Waals surface area contributed by atoms with Gasteiger partial charge in [-0.2, -0.15) is 0 Å². The van der Waals surface area contributed by atoms with E-state index in [-0.39, 0.29) is 11.6 Å². The number of nitrogens with two attached hydrogens (primary N) is 1. The molecule has 0 spiro atoms. The molecule has 2 saturated heterocycles. The van der Waals surface area contributed by atoms with Crippen LogP contribution < -0.4 is 11.1 Å². The number of rotatable bonds is 4. The molecular formula is C18H27N3O. The van der Waals surface area contributed by atoms with Crippen molar-refractivity contribution in [2.45, 2.75) is 50.2 Å². The highest BCUT2D eigenvalue weighted by molar-refractivity contribution is 5.58. The summed E-state index contributed by atoms with van der Waals surface area (Å²) in [4.78, 5) is 14.1. The van der Waals surface area contributed by atoms with Crippen molar-refractivity contribution in [3.63, 3.8) is 0 Å². The Morgan fingerprint density at radius 1 is 1.23 bits per heavy atom. The largest absolute Gasteiger partial charge is 0.326 e. The van der Waals surface area contributed by atoms with Crippen molar-refractivity contribution in [1.29, 1.82) is 0 Å². The second kappa shape index (κ2) is 6.90. The highest BCUT2D eigenvalue weighted by atomic mass is 16.1. The smallest absolute Gasteiger partial charge is 0.137 e. The molecule has 0 bridgehead atoms. The van der Waals surface area contributed by atoms with Crippen LogP contribution in [-0.2, 0) is 16.9 Å². The molecular weight excluding hydrogens is 274 g/mol. The maximum absolute atomic E-state index is 11.6. The first-order valence-corrected chi connectivity index (χ1v) is 8.52. The molecule has 3 N–H and O–H groups in total. The second-order valence-corrected chi connectivity index (χ2v) is 6.58. The van der Waals surface area contributed by atoms with Crippen LogP contribution >= 0.6 is 0 Å². The van der Waals surface area contributed by atoms with E-state index < -0.39 is 0 Å². The summed E-state index contributed by atoms with van der Waals surface area (Å²) in [6.07, 6.45) is 6.66. The number of nitrogens with zero attached hydrogens (tertiary/aromatic N) is 1. The fourth-order valence-corrected chi connectivity index (χ4v) is 4.16. The van der Waals surface area contributed by atoms with Crippen LogP contribution in [0.3, 0.4) is 0 Å². The Labute approximate surface area is 133 Å². The molecule has 4 heteroatoms. The third-order valence-electron chi connectivity index (χ3n) is 5.41. The third-order valence-corrected chi connectivity index (χ3v) is 5.41. The summed E-state index contributed by atoms with van der Waals surface area (Å²) in [5, 5.41) is 3.47. The Hall–Kier alpha value is -1.23. The van der Waals surface area contributed by atoms with Gasteiger partial charge in [0.2, 0.25) is 0 Å². The van der Waals surface area contributed by atoms with E-state index in [1.54, 1.807) is 0 Å². The normalized spacial score (nSPS) is 25.8. The molecule has 1 unspecified atom stereocenters. The van der Waals surface area contributed by atoms with Gasteiger partial charge in [0.15, 0.2) is 0 Å². The van der Waals surface area contributed by atoms with Gasteiger partial charge in [-0.1, -0.05) is 30.7 Å². The number of hydrogen-bond acceptors (Lipinski definition) is 4. The van der Waals surface area contributed by atoms with Gasteiger partial charge in [-0.25, -0.2) is 0 Å². The molecule has 0 aromatic heterocycles. The van der Waals surface area contributed by atoms with E-state index in [0.717, 1.165) is 45.2 Å². The van der Waals surface area contributed by atoms with Crippen LogP contribution in [0.15, 0.2) is 24.3 Å². The minimum atomic E-state index is 0.00434. The van der Waals surface area contributed by atoms with E-state index in [4.69, 9.17) is 5.73 Å². The molecule has 120 valence electrons. The molecule has 2 fully saturated rings. The van der Waals surface area contributed by atoms with Crippen LogP contribution in [0.5, 0.6) is 0 Å². The molecule has 0 amide bonds. The second-order valence-electron chi connectivity index (χ2n) is 6.58. The van der Waals surface area contributed by atoms with Gasteiger partial charge in [0.05, 0.1) is 6.04 Å². The van der Waals surface area contributed by atoms with Crippen molar-refractivity contribution in [2.75, 3.05) is 19.6 Å². The van der Waals surface area contributed by atoms with E-state index in [2.05, 4.69) is 34.5 Å². The van der Waals surface area contributed by atoms with E-state index in [0.29, 0.717) is 6.54 Å². The molecule has 1 aromatic carbocycles. The quantitative estimate of drug-likeness (QED) is 0.832. The van der Waals surface area contributed by atoms with Crippen LogP contribution in [-0.4, -0.2) is 36.9 Å². The van der Waals surface area contributed by atoms with Crippen molar-refractivity contribution in [1.82, 2.24) is 10.2 Å². The van der Waals surface area contributed by atoms with Crippen LogP contribution in [0.1, 0.15) is 43.2 Å². The molecule has 2 heterocycles. The third kappa shape index (κ3) is 2.83. The SMILES string of the molecule is NCc1ccc(C2(N3CCCCC3C=O)CCNCC2)cc1. The monoisotopic (exact) mass is 301 g/mol. The molecule has 1 aromatic rings. The van der Waals surface area contributed by atoms with Crippen molar-refractivity contribution < 1.29 is 4.79 Å². The van der Waals surface area contributed by atoms with E-state index in [1.807, 2.05) is 0 Å². The molecule has 2 aliphatic rings. The lowest BCUT2D eigenvalue weighted by Crippen LogP contribution is -2.58. The number of likely N-dealkylation sites (tertiary alicyclic amines) is 1. The predicted molar refractivity (Wildman–Crippen MR) is 88.5 cm³/mol. The lowest BCUT2D eigenvalue weighted by atomic mass is 9.77. The maximum atomic E-state index is 11.6. The average Bonchev–Trinajstić information content (AvgIpc) is 2.62. The van der Waals surface area contributed by atoms with Gasteiger partial charge in [0, 0.05) is 12.1 Å². The Morgan fingerprint density at radius 3 is 2.59 bits per heavy atom. The summed E-state index contributed by atoms with van der Waals surface area (Å²) in [5.41, 5.74) is 8.25. The minimum Gasteiger partial charge on any atom is -0.326 e. The topological polar surface area (TPSA) is 58.4 Å². The average molecular weight is 301 g/mol. The molecule has 0 saturated carbocycles. The van der Waals surface area contributed by atoms with Gasteiger partial charge in [-0.05, 0) is 56.4 Å². The predicted octanol–water partition coefficient (Wildman–Crippen LogP) is 1.78. The first kappa shape index (κ1) is 15.7. The number of carbonyl (C=O) groups excluding carboxylic acids is 1. The highest BCUT2D eigenvalue weighted by Crippen LogP contribution is 2.40. The molecule has 2 aliphatic heterocycles. The van der Waals surface area contributed by atoms with Crippen LogP contribution in [0.4, 0.5) is 0 Å². The standard InChI is InChI=1S/C18H27N3O/c19-13-15-4-6-16(7-5-15)18(8-10-20-11-9-18)21-12-2-1-3-17(21)14-22/h4-7,14,17,20H,1-3,8-13,19H2. The zero-order chi connectivity index (χ0) is 15.4. The van der Waals surface area contributed by atoms with E-state index >= 15 is 0 Å². The van der Waals surface area contributed by atoms with Crippen molar-refractivity contribution in [3.8, 4) is 0 Å². The molecule has 4 nitrogen and oxygen atoms in total. The number of aldehydes is 1. The van der Waals surface area contributed by atoms with E-state index in [9.17, 15) is 4.79 Å². The fraction of sp³-hybridized carbons (Fsp3) is 0.611. The molecule has 0 radical (unpaired) electrons. The van der Waals surface area contributed by atoms with Gasteiger partial charge in [0.1, 0.15) is 6.29 Å². The van der Waals surface area contributed by atoms with E-state index in [1.165, 1.54) is 24.0 Å².